The Morgan fingerprint density at radius 2 is 1.82 bits per heavy atom. The van der Waals surface area contributed by atoms with Crippen LogP contribution in [0.2, 0.25) is 0 Å². The van der Waals surface area contributed by atoms with Crippen LogP contribution in [-0.4, -0.2) is 0 Å². The van der Waals surface area contributed by atoms with Crippen LogP contribution < -0.4 is 0 Å². The van der Waals surface area contributed by atoms with Crippen molar-refractivity contribution in [2.24, 2.45) is 0 Å². The van der Waals surface area contributed by atoms with Crippen LogP contribution in [0.5, 0.6) is 0 Å². The van der Waals surface area contributed by atoms with Crippen LogP contribution in [0, 0.1) is 6.07 Å². The maximum Gasteiger partial charge on any atom is -0.00167 e. The van der Waals surface area contributed by atoms with Crippen LogP contribution >= 0.6 is 0 Å². The van der Waals surface area contributed by atoms with Gasteiger partial charge in [-0.3, -0.25) is 0 Å². The van der Waals surface area contributed by atoms with E-state index in [2.05, 4.69) is 55.1 Å². The maximum atomic E-state index is 3.95. The fourth-order valence-electron chi connectivity index (χ4n) is 3.78. The van der Waals surface area contributed by atoms with Crippen LogP contribution in [0.3, 0.4) is 0 Å². The summed E-state index contributed by atoms with van der Waals surface area (Å²) in [5, 5.41) is 0. The molecular formula is C22H25. The molecule has 1 fully saturated rings. The largest absolute Gasteiger partial charge is 0.103 e. The summed E-state index contributed by atoms with van der Waals surface area (Å²) in [6.45, 7) is 3.95. The third-order valence-corrected chi connectivity index (χ3v) is 4.81. The van der Waals surface area contributed by atoms with Crippen molar-refractivity contribution >= 4 is 0 Å². The number of hydrogen-bond donors (Lipinski definition) is 0. The van der Waals surface area contributed by atoms with Crippen molar-refractivity contribution in [2.45, 2.75) is 50.9 Å². The van der Waals surface area contributed by atoms with Crippen LogP contribution in [0.25, 0.3) is 0 Å². The van der Waals surface area contributed by atoms with E-state index in [4.69, 9.17) is 0 Å². The second-order valence-electron chi connectivity index (χ2n) is 6.39. The van der Waals surface area contributed by atoms with Gasteiger partial charge >= 0.3 is 0 Å². The lowest BCUT2D eigenvalue weighted by atomic mass is 9.78. The van der Waals surface area contributed by atoms with Gasteiger partial charge in [-0.25, -0.2) is 0 Å². The van der Waals surface area contributed by atoms with Gasteiger partial charge in [0.15, 0.2) is 0 Å². The van der Waals surface area contributed by atoms with Crippen LogP contribution in [0.15, 0.2) is 55.1 Å². The Morgan fingerprint density at radius 1 is 1.05 bits per heavy atom. The Kier molecular flexibility index (Phi) is 5.11. The van der Waals surface area contributed by atoms with Crippen LogP contribution in [0.4, 0.5) is 0 Å². The third kappa shape index (κ3) is 3.50. The quantitative estimate of drug-likeness (QED) is 0.605. The van der Waals surface area contributed by atoms with Gasteiger partial charge in [-0.15, -0.1) is 6.58 Å². The van der Waals surface area contributed by atoms with E-state index >= 15 is 0 Å². The zero-order valence-electron chi connectivity index (χ0n) is 13.4. The second kappa shape index (κ2) is 7.45. The molecule has 1 aliphatic carbocycles. The highest BCUT2D eigenvalue weighted by atomic mass is 14.3. The first-order valence-corrected chi connectivity index (χ1v) is 8.55. The van der Waals surface area contributed by atoms with E-state index in [1.807, 2.05) is 6.08 Å². The molecule has 0 amide bonds. The predicted octanol–water partition coefficient (Wildman–Crippen LogP) is 5.85. The summed E-state index contributed by atoms with van der Waals surface area (Å²) in [6.07, 6.45) is 10.8. The van der Waals surface area contributed by atoms with Gasteiger partial charge in [0, 0.05) is 0 Å². The van der Waals surface area contributed by atoms with Crippen molar-refractivity contribution in [2.75, 3.05) is 0 Å². The van der Waals surface area contributed by atoms with Crippen molar-refractivity contribution in [1.29, 1.82) is 0 Å². The van der Waals surface area contributed by atoms with Gasteiger partial charge in [-0.2, -0.15) is 0 Å². The first-order valence-electron chi connectivity index (χ1n) is 8.55. The van der Waals surface area contributed by atoms with Crippen molar-refractivity contribution in [3.63, 3.8) is 0 Å². The summed E-state index contributed by atoms with van der Waals surface area (Å²) < 4.78 is 0. The number of hydrogen-bond acceptors (Lipinski definition) is 0. The lowest BCUT2D eigenvalue weighted by Gasteiger charge is -2.27. The molecule has 0 aromatic heterocycles. The number of allylic oxidation sites excluding steroid dienone is 1. The Labute approximate surface area is 134 Å². The van der Waals surface area contributed by atoms with E-state index in [9.17, 15) is 0 Å². The lowest BCUT2D eigenvalue weighted by Crippen LogP contribution is -2.11. The van der Waals surface area contributed by atoms with Gasteiger partial charge in [0.2, 0.25) is 0 Å². The maximum absolute atomic E-state index is 3.95. The molecule has 0 unspecified atom stereocenters. The monoisotopic (exact) mass is 289 g/mol. The SMILES string of the molecule is C=CCc1cc[c]c(Cc2ccccc2)c1C1CCCCC1. The minimum absolute atomic E-state index is 0.722. The van der Waals surface area contributed by atoms with Gasteiger partial charge in [-0.1, -0.05) is 67.8 Å². The third-order valence-electron chi connectivity index (χ3n) is 4.81. The fraction of sp³-hybridized carbons (Fsp3) is 0.364. The molecule has 0 heteroatoms. The Hall–Kier alpha value is -1.82. The highest BCUT2D eigenvalue weighted by Gasteiger charge is 2.21. The minimum atomic E-state index is 0.722. The first kappa shape index (κ1) is 15.1. The molecule has 0 nitrogen and oxygen atoms in total. The van der Waals surface area contributed by atoms with Crippen molar-refractivity contribution in [3.05, 3.63) is 83.4 Å². The lowest BCUT2D eigenvalue weighted by molar-refractivity contribution is 0.440. The van der Waals surface area contributed by atoms with Gasteiger partial charge in [0.25, 0.3) is 0 Å². The molecule has 1 aliphatic rings. The van der Waals surface area contributed by atoms with Crippen LogP contribution in [-0.2, 0) is 12.8 Å². The average Bonchev–Trinajstić information content (AvgIpc) is 2.57. The fourth-order valence-corrected chi connectivity index (χ4v) is 3.78. The zero-order chi connectivity index (χ0) is 15.2. The molecule has 2 aromatic rings. The summed E-state index contributed by atoms with van der Waals surface area (Å²) >= 11 is 0. The van der Waals surface area contributed by atoms with Crippen molar-refractivity contribution in [1.82, 2.24) is 0 Å². The minimum Gasteiger partial charge on any atom is -0.103 e. The smallest absolute Gasteiger partial charge is 0.00167 e. The molecule has 1 radical (unpaired) electrons. The molecule has 22 heavy (non-hydrogen) atoms. The second-order valence-corrected chi connectivity index (χ2v) is 6.39. The van der Waals surface area contributed by atoms with E-state index < -0.39 is 0 Å². The average molecular weight is 289 g/mol. The Morgan fingerprint density at radius 3 is 2.55 bits per heavy atom. The first-order chi connectivity index (χ1) is 10.9. The molecule has 3 rings (SSSR count). The molecule has 113 valence electrons. The summed E-state index contributed by atoms with van der Waals surface area (Å²) in [4.78, 5) is 0. The zero-order valence-corrected chi connectivity index (χ0v) is 13.4. The summed E-state index contributed by atoms with van der Waals surface area (Å²) in [5.74, 6) is 0.722. The highest BCUT2D eigenvalue weighted by Crippen LogP contribution is 2.37. The summed E-state index contributed by atoms with van der Waals surface area (Å²) in [7, 11) is 0. The molecule has 0 aliphatic heterocycles. The molecule has 1 saturated carbocycles. The molecule has 0 bridgehead atoms. The Bertz CT molecular complexity index is 603. The van der Waals surface area contributed by atoms with E-state index in [0.717, 1.165) is 18.8 Å². The topological polar surface area (TPSA) is 0 Å². The van der Waals surface area contributed by atoms with E-state index in [0.29, 0.717) is 0 Å². The molecule has 0 atom stereocenters. The Balaban J connectivity index is 1.96. The van der Waals surface area contributed by atoms with Crippen LogP contribution in [0.1, 0.15) is 60.3 Å². The summed E-state index contributed by atoms with van der Waals surface area (Å²) in [6, 6.07) is 18.7. The molecule has 0 saturated heterocycles. The molecule has 0 spiro atoms. The van der Waals surface area contributed by atoms with Gasteiger partial charge in [0.1, 0.15) is 0 Å². The molecule has 2 aromatic carbocycles. The molecule has 0 N–H and O–H groups in total. The van der Waals surface area contributed by atoms with Gasteiger partial charge in [0.05, 0.1) is 0 Å². The number of benzene rings is 2. The standard InChI is InChI=1S/C22H25/c1-2-10-19-15-9-16-21(17-18-11-5-3-6-12-18)22(19)20-13-7-4-8-14-20/h2-3,5-6,9,11-12,15,20H,1,4,7-8,10,13-14,17H2. The molecular weight excluding hydrogens is 264 g/mol. The van der Waals surface area contributed by atoms with E-state index in [1.54, 1.807) is 5.56 Å². The number of rotatable bonds is 5. The normalized spacial score (nSPS) is 15.6. The van der Waals surface area contributed by atoms with Crippen molar-refractivity contribution < 1.29 is 0 Å². The summed E-state index contributed by atoms with van der Waals surface area (Å²) in [5.41, 5.74) is 5.82. The van der Waals surface area contributed by atoms with Gasteiger partial charge in [-0.05, 0) is 59.9 Å². The van der Waals surface area contributed by atoms with Gasteiger partial charge < -0.3 is 0 Å². The van der Waals surface area contributed by atoms with E-state index in [1.165, 1.54) is 48.8 Å². The highest BCUT2D eigenvalue weighted by molar-refractivity contribution is 5.41. The van der Waals surface area contributed by atoms with E-state index in [-0.39, 0.29) is 0 Å². The van der Waals surface area contributed by atoms with Crippen molar-refractivity contribution in [3.8, 4) is 0 Å². The molecule has 0 heterocycles. The predicted molar refractivity (Wildman–Crippen MR) is 94.3 cm³/mol.